The van der Waals surface area contributed by atoms with E-state index in [1.807, 2.05) is 0 Å². The van der Waals surface area contributed by atoms with Crippen molar-refractivity contribution in [1.82, 2.24) is 4.98 Å². The average molecular weight is 511 g/mol. The van der Waals surface area contributed by atoms with Gasteiger partial charge in [-0.3, -0.25) is 4.79 Å². The molecule has 7 nitrogen and oxygen atoms in total. The number of fused-ring (bicyclic) bond motifs is 1. The number of halogens is 2. The molecule has 1 heterocycles. The van der Waals surface area contributed by atoms with E-state index < -0.39 is 22.8 Å². The van der Waals surface area contributed by atoms with E-state index in [9.17, 15) is 9.00 Å². The molecular weight excluding hydrogens is 491 g/mol. The van der Waals surface area contributed by atoms with Crippen LogP contribution in [0.15, 0.2) is 83.6 Å². The van der Waals surface area contributed by atoms with Crippen molar-refractivity contribution in [1.29, 1.82) is 0 Å². The van der Waals surface area contributed by atoms with Crippen molar-refractivity contribution in [3.8, 4) is 11.1 Å². The number of allylic oxidation sites excluding steroid dienone is 1. The summed E-state index contributed by atoms with van der Waals surface area (Å²) < 4.78 is 31.6. The van der Waals surface area contributed by atoms with E-state index in [0.717, 1.165) is 5.39 Å². The third-order valence-electron chi connectivity index (χ3n) is 5.44. The SMILES string of the molecule is C/C(=C(\F)C(=O)Nc1ccc(-c2ccccc2S(=O)ON)cc1Cl)c1ccc2ccnc(N)c2c1. The molecule has 1 atom stereocenters. The molecule has 5 N–H and O–H groups in total. The van der Waals surface area contributed by atoms with E-state index >= 15 is 4.39 Å². The van der Waals surface area contributed by atoms with Crippen molar-refractivity contribution in [2.45, 2.75) is 11.8 Å². The molecule has 0 aliphatic rings. The van der Waals surface area contributed by atoms with Gasteiger partial charge in [-0.1, -0.05) is 48.0 Å². The molecule has 10 heteroatoms. The third kappa shape index (κ3) is 5.08. The Bertz CT molecular complexity index is 1510. The third-order valence-corrected chi connectivity index (χ3v) is 6.64. The fourth-order valence-electron chi connectivity index (χ4n) is 3.58. The molecule has 4 rings (SSSR count). The fraction of sp³-hybridized carbons (Fsp3) is 0.0400. The molecule has 0 aliphatic heterocycles. The van der Waals surface area contributed by atoms with Crippen molar-refractivity contribution in [3.05, 3.63) is 89.3 Å². The Kier molecular flexibility index (Phi) is 7.23. The van der Waals surface area contributed by atoms with Gasteiger partial charge in [0.25, 0.3) is 5.91 Å². The number of nitrogens with one attached hydrogen (secondary N) is 1. The molecule has 0 bridgehead atoms. The molecule has 178 valence electrons. The van der Waals surface area contributed by atoms with E-state index in [0.29, 0.717) is 32.8 Å². The zero-order valence-electron chi connectivity index (χ0n) is 18.4. The van der Waals surface area contributed by atoms with Gasteiger partial charge in [0.2, 0.25) is 11.1 Å². The van der Waals surface area contributed by atoms with Crippen LogP contribution in [0.1, 0.15) is 12.5 Å². The normalized spacial score (nSPS) is 12.8. The maximum absolute atomic E-state index is 15.0. The molecule has 0 saturated carbocycles. The van der Waals surface area contributed by atoms with Gasteiger partial charge < -0.3 is 11.1 Å². The van der Waals surface area contributed by atoms with Crippen LogP contribution in [0.25, 0.3) is 27.5 Å². The lowest BCUT2D eigenvalue weighted by atomic mass is 10.0. The maximum Gasteiger partial charge on any atom is 0.284 e. The van der Waals surface area contributed by atoms with Crippen LogP contribution >= 0.6 is 11.6 Å². The second-order valence-corrected chi connectivity index (χ2v) is 9.06. The Morgan fingerprint density at radius 1 is 1.11 bits per heavy atom. The van der Waals surface area contributed by atoms with E-state index in [-0.39, 0.29) is 16.3 Å². The van der Waals surface area contributed by atoms with E-state index in [4.69, 9.17) is 23.2 Å². The Labute approximate surface area is 208 Å². The van der Waals surface area contributed by atoms with E-state index in [1.54, 1.807) is 66.9 Å². The van der Waals surface area contributed by atoms with Crippen molar-refractivity contribution in [2.24, 2.45) is 5.90 Å². The lowest BCUT2D eigenvalue weighted by molar-refractivity contribution is -0.114. The van der Waals surface area contributed by atoms with Crippen molar-refractivity contribution < 1.29 is 17.7 Å². The minimum atomic E-state index is -1.87. The minimum Gasteiger partial charge on any atom is -0.383 e. The Morgan fingerprint density at radius 2 is 1.89 bits per heavy atom. The van der Waals surface area contributed by atoms with Gasteiger partial charge >= 0.3 is 0 Å². The van der Waals surface area contributed by atoms with Crippen molar-refractivity contribution in [2.75, 3.05) is 11.1 Å². The summed E-state index contributed by atoms with van der Waals surface area (Å²) in [5, 5.41) is 4.18. The number of amides is 1. The number of rotatable bonds is 6. The number of pyridine rings is 1. The lowest BCUT2D eigenvalue weighted by Gasteiger charge is -2.12. The van der Waals surface area contributed by atoms with Gasteiger partial charge in [-0.25, -0.2) is 13.6 Å². The molecule has 0 spiro atoms. The second-order valence-electron chi connectivity index (χ2n) is 7.55. The van der Waals surface area contributed by atoms with Crippen LogP contribution in [0.3, 0.4) is 0 Å². The van der Waals surface area contributed by atoms with E-state index in [1.165, 1.54) is 13.0 Å². The van der Waals surface area contributed by atoms with Gasteiger partial charge in [0.05, 0.1) is 15.6 Å². The summed E-state index contributed by atoms with van der Waals surface area (Å²) in [5.74, 6) is 3.47. The summed E-state index contributed by atoms with van der Waals surface area (Å²) in [5.41, 5.74) is 7.97. The Hall–Kier alpha value is -3.63. The number of anilines is 2. The summed E-state index contributed by atoms with van der Waals surface area (Å²) in [6.07, 6.45) is 1.59. The number of aromatic nitrogens is 1. The number of hydrogen-bond donors (Lipinski definition) is 3. The molecule has 35 heavy (non-hydrogen) atoms. The number of hydrogen-bond acceptors (Lipinski definition) is 6. The first-order valence-corrected chi connectivity index (χ1v) is 11.8. The minimum absolute atomic E-state index is 0.138. The summed E-state index contributed by atoms with van der Waals surface area (Å²) in [4.78, 5) is 17.0. The number of carbonyl (C=O) groups is 1. The highest BCUT2D eigenvalue weighted by molar-refractivity contribution is 7.80. The van der Waals surface area contributed by atoms with Crippen LogP contribution in [0.5, 0.6) is 0 Å². The summed E-state index contributed by atoms with van der Waals surface area (Å²) >= 11 is 4.50. The summed E-state index contributed by atoms with van der Waals surface area (Å²) in [6, 6.07) is 18.5. The number of nitrogens with zero attached hydrogens (tertiary/aromatic N) is 1. The quantitative estimate of drug-likeness (QED) is 0.236. The summed E-state index contributed by atoms with van der Waals surface area (Å²) in [6.45, 7) is 1.50. The molecule has 1 unspecified atom stereocenters. The van der Waals surface area contributed by atoms with Crippen LogP contribution in [-0.4, -0.2) is 15.1 Å². The fourth-order valence-corrected chi connectivity index (χ4v) is 4.47. The first kappa shape index (κ1) is 24.5. The highest BCUT2D eigenvalue weighted by Crippen LogP contribution is 2.33. The van der Waals surface area contributed by atoms with Gasteiger partial charge in [-0.05, 0) is 59.3 Å². The lowest BCUT2D eigenvalue weighted by Crippen LogP contribution is -2.13. The molecule has 4 aromatic rings. The number of nitrogens with two attached hydrogens (primary N) is 2. The maximum atomic E-state index is 15.0. The molecule has 1 aromatic heterocycles. The highest BCUT2D eigenvalue weighted by Gasteiger charge is 2.17. The van der Waals surface area contributed by atoms with Gasteiger partial charge in [0.15, 0.2) is 5.83 Å². The van der Waals surface area contributed by atoms with Crippen molar-refractivity contribution in [3.63, 3.8) is 0 Å². The van der Waals surface area contributed by atoms with Gasteiger partial charge in [0.1, 0.15) is 5.82 Å². The molecule has 1 amide bonds. The topological polar surface area (TPSA) is 120 Å². The first-order valence-electron chi connectivity index (χ1n) is 10.3. The van der Waals surface area contributed by atoms with E-state index in [2.05, 4.69) is 14.6 Å². The zero-order valence-corrected chi connectivity index (χ0v) is 20.0. The van der Waals surface area contributed by atoms with Crippen LogP contribution in [0.4, 0.5) is 15.9 Å². The molecule has 0 saturated heterocycles. The molecule has 3 aromatic carbocycles. The monoisotopic (exact) mass is 510 g/mol. The predicted molar refractivity (Wildman–Crippen MR) is 137 cm³/mol. The summed E-state index contributed by atoms with van der Waals surface area (Å²) in [7, 11) is 0. The van der Waals surface area contributed by atoms with Crippen LogP contribution in [0.2, 0.25) is 5.02 Å². The first-order chi connectivity index (χ1) is 16.8. The predicted octanol–water partition coefficient (Wildman–Crippen LogP) is 5.39. The largest absolute Gasteiger partial charge is 0.383 e. The van der Waals surface area contributed by atoms with Crippen LogP contribution < -0.4 is 16.9 Å². The highest BCUT2D eigenvalue weighted by atomic mass is 35.5. The Balaban J connectivity index is 1.60. The van der Waals surface area contributed by atoms with Crippen molar-refractivity contribution >= 4 is 56.4 Å². The molecule has 0 fully saturated rings. The van der Waals surface area contributed by atoms with Crippen LogP contribution in [0, 0.1) is 0 Å². The number of nitrogen functional groups attached to an aromatic ring is 1. The van der Waals surface area contributed by atoms with Gasteiger partial charge in [-0.15, -0.1) is 0 Å². The standard InChI is InChI=1S/C25H20ClFN4O3S/c1-14(16-7-6-15-10-11-30-24(28)19(15)12-16)23(27)25(32)31-21-9-8-17(13-20(21)26)18-4-2-3-5-22(18)35(33)34-29/h2-13H,29H2,1H3,(H2,28,30)(H,31,32)/b23-14+. The smallest absolute Gasteiger partial charge is 0.284 e. The van der Waals surface area contributed by atoms with Crippen LogP contribution in [-0.2, 0) is 20.2 Å². The molecule has 0 radical (unpaired) electrons. The molecular formula is C25H20ClFN4O3S. The average Bonchev–Trinajstić information content (AvgIpc) is 2.88. The van der Waals surface area contributed by atoms with Gasteiger partial charge in [0, 0.05) is 17.1 Å². The number of benzene rings is 3. The zero-order chi connectivity index (χ0) is 25.1. The van der Waals surface area contributed by atoms with Gasteiger partial charge in [-0.2, -0.15) is 10.2 Å². The number of carbonyl (C=O) groups excluding carboxylic acids is 1. The second kappa shape index (κ2) is 10.3. The Morgan fingerprint density at radius 3 is 2.63 bits per heavy atom. The molecule has 0 aliphatic carbocycles.